The van der Waals surface area contributed by atoms with Crippen LogP contribution in [-0.2, 0) is 6.54 Å². The summed E-state index contributed by atoms with van der Waals surface area (Å²) >= 11 is 0. The summed E-state index contributed by atoms with van der Waals surface area (Å²) in [4.78, 5) is 12.3. The van der Waals surface area contributed by atoms with E-state index in [1.165, 1.54) is 24.8 Å². The molecule has 1 aromatic carbocycles. The Morgan fingerprint density at radius 1 is 1.17 bits per heavy atom. The molecule has 0 aliphatic heterocycles. The maximum absolute atomic E-state index is 12.3. The van der Waals surface area contributed by atoms with Crippen molar-refractivity contribution in [1.29, 1.82) is 0 Å². The van der Waals surface area contributed by atoms with Gasteiger partial charge in [0.05, 0.1) is 23.6 Å². The van der Waals surface area contributed by atoms with E-state index in [1.54, 1.807) is 0 Å². The second-order valence-electron chi connectivity index (χ2n) is 6.62. The number of nitrogens with one attached hydrogen (secondary N) is 2. The van der Waals surface area contributed by atoms with Gasteiger partial charge in [-0.2, -0.15) is 5.10 Å². The Morgan fingerprint density at radius 2 is 1.88 bits per heavy atom. The number of aryl methyl sites for hydroxylation is 1. The molecule has 5 nitrogen and oxygen atoms in total. The van der Waals surface area contributed by atoms with Crippen molar-refractivity contribution in [3.8, 4) is 0 Å². The van der Waals surface area contributed by atoms with Gasteiger partial charge >= 0.3 is 6.03 Å². The van der Waals surface area contributed by atoms with Gasteiger partial charge in [-0.15, -0.1) is 0 Å². The first-order chi connectivity index (χ1) is 11.6. The summed E-state index contributed by atoms with van der Waals surface area (Å²) in [6.07, 6.45) is 5.86. The molecule has 0 bridgehead atoms. The predicted molar refractivity (Wildman–Crippen MR) is 96.3 cm³/mol. The number of hydrogen-bond acceptors (Lipinski definition) is 2. The van der Waals surface area contributed by atoms with E-state index >= 15 is 0 Å². The summed E-state index contributed by atoms with van der Waals surface area (Å²) in [6, 6.07) is 10.4. The molecule has 0 unspecified atom stereocenters. The van der Waals surface area contributed by atoms with Gasteiger partial charge < -0.3 is 10.6 Å². The minimum absolute atomic E-state index is 0.118. The first kappa shape index (κ1) is 16.6. The maximum atomic E-state index is 12.3. The smallest absolute Gasteiger partial charge is 0.319 e. The minimum atomic E-state index is -0.118. The second-order valence-corrected chi connectivity index (χ2v) is 6.62. The number of nitrogens with zero attached hydrogens (tertiary/aromatic N) is 2. The van der Waals surface area contributed by atoms with Crippen molar-refractivity contribution in [3.05, 3.63) is 47.3 Å². The van der Waals surface area contributed by atoms with E-state index in [9.17, 15) is 4.79 Å². The summed E-state index contributed by atoms with van der Waals surface area (Å²) < 4.78 is 1.95. The molecule has 1 saturated carbocycles. The zero-order valence-electron chi connectivity index (χ0n) is 14.5. The van der Waals surface area contributed by atoms with Crippen LogP contribution in [0.2, 0.25) is 0 Å². The van der Waals surface area contributed by atoms with E-state index < -0.39 is 0 Å². The van der Waals surface area contributed by atoms with Crippen LogP contribution < -0.4 is 10.6 Å². The lowest BCUT2D eigenvalue weighted by Crippen LogP contribution is -2.39. The standard InChI is InChI=1S/C19H26N4O/c1-14-18(21-19(24)20-17-11-7-4-8-12-17)15(2)23(22-14)13-16-9-5-3-6-10-16/h3,5-6,9-10,17H,4,7-8,11-13H2,1-2H3,(H2,20,21,24). The quantitative estimate of drug-likeness (QED) is 0.892. The monoisotopic (exact) mass is 326 g/mol. The van der Waals surface area contributed by atoms with E-state index in [1.807, 2.05) is 36.7 Å². The van der Waals surface area contributed by atoms with Crippen LogP contribution in [0.15, 0.2) is 30.3 Å². The summed E-state index contributed by atoms with van der Waals surface area (Å²) in [7, 11) is 0. The number of hydrogen-bond donors (Lipinski definition) is 2. The van der Waals surface area contributed by atoms with Gasteiger partial charge in [0.1, 0.15) is 0 Å². The molecular formula is C19H26N4O. The van der Waals surface area contributed by atoms with Gasteiger partial charge in [-0.05, 0) is 32.3 Å². The average molecular weight is 326 g/mol. The Hall–Kier alpha value is -2.30. The number of carbonyl (C=O) groups is 1. The van der Waals surface area contributed by atoms with Gasteiger partial charge in [0.15, 0.2) is 0 Å². The van der Waals surface area contributed by atoms with Gasteiger partial charge in [0.2, 0.25) is 0 Å². The highest BCUT2D eigenvalue weighted by atomic mass is 16.2. The highest BCUT2D eigenvalue weighted by Crippen LogP contribution is 2.21. The van der Waals surface area contributed by atoms with Crippen LogP contribution in [0.4, 0.5) is 10.5 Å². The van der Waals surface area contributed by atoms with Crippen molar-refractivity contribution in [2.45, 2.75) is 58.5 Å². The molecular weight excluding hydrogens is 300 g/mol. The fourth-order valence-electron chi connectivity index (χ4n) is 3.37. The van der Waals surface area contributed by atoms with E-state index in [4.69, 9.17) is 0 Å². The topological polar surface area (TPSA) is 59.0 Å². The van der Waals surface area contributed by atoms with Crippen molar-refractivity contribution >= 4 is 11.7 Å². The van der Waals surface area contributed by atoms with Crippen LogP contribution >= 0.6 is 0 Å². The highest BCUT2D eigenvalue weighted by molar-refractivity contribution is 5.90. The van der Waals surface area contributed by atoms with E-state index in [0.717, 1.165) is 29.9 Å². The number of urea groups is 1. The fourth-order valence-corrected chi connectivity index (χ4v) is 3.37. The van der Waals surface area contributed by atoms with Gasteiger partial charge in [-0.25, -0.2) is 4.79 Å². The number of aromatic nitrogens is 2. The van der Waals surface area contributed by atoms with Gasteiger partial charge in [-0.3, -0.25) is 4.68 Å². The first-order valence-corrected chi connectivity index (χ1v) is 8.79. The van der Waals surface area contributed by atoms with Crippen LogP contribution in [0.25, 0.3) is 0 Å². The number of carbonyl (C=O) groups excluding carboxylic acids is 1. The Labute approximate surface area is 143 Å². The third kappa shape index (κ3) is 3.96. The lowest BCUT2D eigenvalue weighted by molar-refractivity contribution is 0.244. The molecule has 0 spiro atoms. The van der Waals surface area contributed by atoms with Crippen LogP contribution in [0.5, 0.6) is 0 Å². The molecule has 0 atom stereocenters. The molecule has 2 amide bonds. The second kappa shape index (κ2) is 7.51. The molecule has 1 aliphatic rings. The zero-order chi connectivity index (χ0) is 16.9. The van der Waals surface area contributed by atoms with Crippen molar-refractivity contribution in [2.24, 2.45) is 0 Å². The minimum Gasteiger partial charge on any atom is -0.335 e. The molecule has 1 fully saturated rings. The van der Waals surface area contributed by atoms with Crippen LogP contribution in [-0.4, -0.2) is 21.9 Å². The average Bonchev–Trinajstić information content (AvgIpc) is 2.84. The molecule has 3 rings (SSSR count). The summed E-state index contributed by atoms with van der Waals surface area (Å²) in [5.74, 6) is 0. The number of amides is 2. The van der Waals surface area contributed by atoms with Crippen molar-refractivity contribution in [1.82, 2.24) is 15.1 Å². The fraction of sp³-hybridized carbons (Fsp3) is 0.474. The molecule has 2 aromatic rings. The van der Waals surface area contributed by atoms with Gasteiger partial charge in [0, 0.05) is 6.04 Å². The largest absolute Gasteiger partial charge is 0.335 e. The third-order valence-corrected chi connectivity index (χ3v) is 4.74. The number of anilines is 1. The van der Waals surface area contributed by atoms with Gasteiger partial charge in [0.25, 0.3) is 0 Å². The molecule has 1 aromatic heterocycles. The molecule has 128 valence electrons. The summed E-state index contributed by atoms with van der Waals surface area (Å²) in [6.45, 7) is 4.64. The Kier molecular flexibility index (Phi) is 5.18. The lowest BCUT2D eigenvalue weighted by Gasteiger charge is -2.22. The lowest BCUT2D eigenvalue weighted by atomic mass is 9.96. The Bertz CT molecular complexity index is 687. The molecule has 5 heteroatoms. The van der Waals surface area contributed by atoms with Crippen molar-refractivity contribution in [3.63, 3.8) is 0 Å². The molecule has 1 heterocycles. The molecule has 2 N–H and O–H groups in total. The normalized spacial score (nSPS) is 15.2. The molecule has 1 aliphatic carbocycles. The summed E-state index contributed by atoms with van der Waals surface area (Å²) in [5.41, 5.74) is 3.85. The molecule has 0 saturated heterocycles. The third-order valence-electron chi connectivity index (χ3n) is 4.74. The van der Waals surface area contributed by atoms with E-state index in [2.05, 4.69) is 27.9 Å². The van der Waals surface area contributed by atoms with Crippen LogP contribution in [0.1, 0.15) is 49.1 Å². The maximum Gasteiger partial charge on any atom is 0.319 e. The summed E-state index contributed by atoms with van der Waals surface area (Å²) in [5, 5.41) is 10.7. The first-order valence-electron chi connectivity index (χ1n) is 8.79. The molecule has 0 radical (unpaired) electrons. The van der Waals surface area contributed by atoms with Crippen molar-refractivity contribution < 1.29 is 4.79 Å². The predicted octanol–water partition coefficient (Wildman–Crippen LogP) is 4.00. The highest BCUT2D eigenvalue weighted by Gasteiger charge is 2.18. The van der Waals surface area contributed by atoms with Gasteiger partial charge in [-0.1, -0.05) is 49.6 Å². The Balaban J connectivity index is 1.66. The zero-order valence-corrected chi connectivity index (χ0v) is 14.5. The number of rotatable bonds is 4. The van der Waals surface area contributed by atoms with E-state index in [0.29, 0.717) is 12.6 Å². The Morgan fingerprint density at radius 3 is 2.58 bits per heavy atom. The van der Waals surface area contributed by atoms with Crippen LogP contribution in [0, 0.1) is 13.8 Å². The SMILES string of the molecule is Cc1nn(Cc2ccccc2)c(C)c1NC(=O)NC1CCCCC1. The van der Waals surface area contributed by atoms with Crippen molar-refractivity contribution in [2.75, 3.05) is 5.32 Å². The number of benzene rings is 1. The van der Waals surface area contributed by atoms with E-state index in [-0.39, 0.29) is 6.03 Å². The van der Waals surface area contributed by atoms with Crippen LogP contribution in [0.3, 0.4) is 0 Å². The molecule has 24 heavy (non-hydrogen) atoms.